The van der Waals surface area contributed by atoms with E-state index in [-0.39, 0.29) is 6.10 Å². The maximum atomic E-state index is 6.21. The van der Waals surface area contributed by atoms with Gasteiger partial charge in [-0.1, -0.05) is 0 Å². The highest BCUT2D eigenvalue weighted by Crippen LogP contribution is 2.32. The van der Waals surface area contributed by atoms with Crippen LogP contribution in [-0.2, 0) is 11.8 Å². The molecular weight excluding hydrogens is 332 g/mol. The Bertz CT molecular complexity index is 916. The predicted octanol–water partition coefficient (Wildman–Crippen LogP) is 2.21. The molecule has 1 fully saturated rings. The predicted molar refractivity (Wildman–Crippen MR) is 100 cm³/mol. The lowest BCUT2D eigenvalue weighted by molar-refractivity contribution is 0.120. The minimum atomic E-state index is 0.201. The molecule has 0 saturated carbocycles. The zero-order valence-electron chi connectivity index (χ0n) is 14.9. The van der Waals surface area contributed by atoms with E-state index >= 15 is 0 Å². The maximum Gasteiger partial charge on any atom is 0.225 e. The Hall–Kier alpha value is -2.87. The fraction of sp³-hybridized carbons (Fsp3) is 0.389. The summed E-state index contributed by atoms with van der Waals surface area (Å²) < 4.78 is 12.5. The molecule has 8 heteroatoms. The Morgan fingerprint density at radius 1 is 1.31 bits per heavy atom. The van der Waals surface area contributed by atoms with Gasteiger partial charge in [-0.05, 0) is 37.1 Å². The maximum absolute atomic E-state index is 6.21. The molecule has 1 saturated heterocycles. The average Bonchev–Trinajstić information content (AvgIpc) is 3.28. The molecule has 4 rings (SSSR count). The summed E-state index contributed by atoms with van der Waals surface area (Å²) in [5.74, 6) is 1.85. The van der Waals surface area contributed by atoms with Crippen LogP contribution >= 0.6 is 0 Å². The van der Waals surface area contributed by atoms with Crippen LogP contribution in [0.1, 0.15) is 12.8 Å². The average molecular weight is 354 g/mol. The van der Waals surface area contributed by atoms with Crippen molar-refractivity contribution in [2.24, 2.45) is 7.05 Å². The minimum Gasteiger partial charge on any atom is -0.497 e. The summed E-state index contributed by atoms with van der Waals surface area (Å²) in [5.41, 5.74) is 8.46. The van der Waals surface area contributed by atoms with E-state index in [4.69, 9.17) is 20.2 Å². The first-order valence-electron chi connectivity index (χ1n) is 8.66. The van der Waals surface area contributed by atoms with Crippen molar-refractivity contribution in [3.63, 3.8) is 0 Å². The summed E-state index contributed by atoms with van der Waals surface area (Å²) in [6.45, 7) is 1.50. The highest BCUT2D eigenvalue weighted by Gasteiger charge is 2.19. The van der Waals surface area contributed by atoms with Crippen LogP contribution in [0.2, 0.25) is 0 Å². The van der Waals surface area contributed by atoms with Gasteiger partial charge in [-0.25, -0.2) is 4.98 Å². The molecule has 1 aromatic carbocycles. The lowest BCUT2D eigenvalue weighted by Gasteiger charge is -2.12. The van der Waals surface area contributed by atoms with E-state index < -0.39 is 0 Å². The van der Waals surface area contributed by atoms with Gasteiger partial charge in [-0.2, -0.15) is 10.1 Å². The van der Waals surface area contributed by atoms with Gasteiger partial charge in [0, 0.05) is 25.8 Å². The topological polar surface area (TPSA) is 100 Å². The molecule has 26 heavy (non-hydrogen) atoms. The first kappa shape index (κ1) is 16.6. The van der Waals surface area contributed by atoms with Crippen molar-refractivity contribution in [1.29, 1.82) is 0 Å². The summed E-state index contributed by atoms with van der Waals surface area (Å²) in [4.78, 5) is 9.23. The largest absolute Gasteiger partial charge is 0.497 e. The van der Waals surface area contributed by atoms with Gasteiger partial charge in [-0.3, -0.25) is 4.68 Å². The number of methoxy groups -OCH3 is 1. The molecule has 3 aromatic rings. The van der Waals surface area contributed by atoms with Crippen LogP contribution in [0.15, 0.2) is 24.3 Å². The summed E-state index contributed by atoms with van der Waals surface area (Å²) in [7, 11) is 3.44. The number of anilines is 2. The van der Waals surface area contributed by atoms with Crippen LogP contribution in [0.3, 0.4) is 0 Å². The lowest BCUT2D eigenvalue weighted by Crippen LogP contribution is -2.19. The first-order valence-corrected chi connectivity index (χ1v) is 8.66. The molecule has 3 N–H and O–H groups in total. The Kier molecular flexibility index (Phi) is 4.34. The Morgan fingerprint density at radius 2 is 2.12 bits per heavy atom. The Balaban J connectivity index is 1.74. The van der Waals surface area contributed by atoms with Crippen molar-refractivity contribution in [2.45, 2.75) is 18.9 Å². The number of benzene rings is 1. The molecule has 1 unspecified atom stereocenters. The number of ether oxygens (including phenoxy) is 2. The number of hydrogen-bond acceptors (Lipinski definition) is 7. The molecule has 0 spiro atoms. The SMILES string of the molecule is COc1ccc(-c2nc(NCC3CCCO3)nc3nn(C)c(N)c23)cc1. The van der Waals surface area contributed by atoms with Crippen molar-refractivity contribution < 1.29 is 9.47 Å². The molecule has 2 aromatic heterocycles. The molecular formula is C18H22N6O2. The highest BCUT2D eigenvalue weighted by atomic mass is 16.5. The van der Waals surface area contributed by atoms with Gasteiger partial charge in [0.15, 0.2) is 5.65 Å². The van der Waals surface area contributed by atoms with E-state index in [9.17, 15) is 0 Å². The third kappa shape index (κ3) is 3.03. The van der Waals surface area contributed by atoms with Crippen LogP contribution in [0.25, 0.3) is 22.3 Å². The fourth-order valence-corrected chi connectivity index (χ4v) is 3.16. The van der Waals surface area contributed by atoms with Crippen molar-refractivity contribution in [2.75, 3.05) is 31.3 Å². The number of nitrogens with two attached hydrogens (primary N) is 1. The third-order valence-electron chi connectivity index (χ3n) is 4.61. The molecule has 1 aliphatic rings. The van der Waals surface area contributed by atoms with E-state index in [1.165, 1.54) is 0 Å². The van der Waals surface area contributed by atoms with E-state index in [0.717, 1.165) is 41.8 Å². The van der Waals surface area contributed by atoms with Crippen LogP contribution in [0.4, 0.5) is 11.8 Å². The number of aryl methyl sites for hydroxylation is 1. The van der Waals surface area contributed by atoms with Crippen LogP contribution < -0.4 is 15.8 Å². The van der Waals surface area contributed by atoms with Gasteiger partial charge in [0.25, 0.3) is 0 Å². The molecule has 1 aliphatic heterocycles. The van der Waals surface area contributed by atoms with Crippen molar-refractivity contribution in [3.05, 3.63) is 24.3 Å². The Morgan fingerprint density at radius 3 is 2.81 bits per heavy atom. The van der Waals surface area contributed by atoms with Gasteiger partial charge in [0.2, 0.25) is 5.95 Å². The highest BCUT2D eigenvalue weighted by molar-refractivity contribution is 5.98. The minimum absolute atomic E-state index is 0.201. The number of aromatic nitrogens is 4. The molecule has 0 bridgehead atoms. The summed E-state index contributed by atoms with van der Waals surface area (Å²) in [6, 6.07) is 7.71. The van der Waals surface area contributed by atoms with E-state index in [2.05, 4.69) is 15.4 Å². The number of nitrogens with zero attached hydrogens (tertiary/aromatic N) is 4. The van der Waals surface area contributed by atoms with Crippen LogP contribution in [-0.4, -0.2) is 46.1 Å². The smallest absolute Gasteiger partial charge is 0.225 e. The number of nitrogen functional groups attached to an aromatic ring is 1. The summed E-state index contributed by atoms with van der Waals surface area (Å²) in [5, 5.41) is 8.45. The van der Waals surface area contributed by atoms with Gasteiger partial charge < -0.3 is 20.5 Å². The molecule has 136 valence electrons. The van der Waals surface area contributed by atoms with Gasteiger partial charge >= 0.3 is 0 Å². The van der Waals surface area contributed by atoms with E-state index in [1.54, 1.807) is 18.8 Å². The van der Waals surface area contributed by atoms with Gasteiger partial charge in [0.05, 0.1) is 24.3 Å². The third-order valence-corrected chi connectivity index (χ3v) is 4.61. The zero-order chi connectivity index (χ0) is 18.1. The van der Waals surface area contributed by atoms with Crippen LogP contribution in [0.5, 0.6) is 5.75 Å². The summed E-state index contributed by atoms with van der Waals surface area (Å²) in [6.07, 6.45) is 2.35. The molecule has 0 amide bonds. The van der Waals surface area contributed by atoms with Crippen molar-refractivity contribution in [1.82, 2.24) is 19.7 Å². The van der Waals surface area contributed by atoms with Gasteiger partial charge in [0.1, 0.15) is 11.6 Å². The second-order valence-corrected chi connectivity index (χ2v) is 6.35. The van der Waals surface area contributed by atoms with E-state index in [1.807, 2.05) is 24.3 Å². The lowest BCUT2D eigenvalue weighted by atomic mass is 10.1. The molecule has 0 radical (unpaired) electrons. The van der Waals surface area contributed by atoms with Crippen molar-refractivity contribution in [3.8, 4) is 17.0 Å². The number of nitrogens with one attached hydrogen (secondary N) is 1. The second kappa shape index (κ2) is 6.80. The standard InChI is InChI=1S/C18H22N6O2/c1-24-16(19)14-15(11-5-7-12(25-2)8-6-11)21-18(22-17(14)23-24)20-10-13-4-3-9-26-13/h5-8,13H,3-4,9-10,19H2,1-2H3,(H,20,22,23). The first-order chi connectivity index (χ1) is 12.7. The van der Waals surface area contributed by atoms with Crippen molar-refractivity contribution >= 4 is 22.8 Å². The normalized spacial score (nSPS) is 16.9. The molecule has 8 nitrogen and oxygen atoms in total. The number of fused-ring (bicyclic) bond motifs is 1. The van der Waals surface area contributed by atoms with Crippen LogP contribution in [0, 0.1) is 0 Å². The van der Waals surface area contributed by atoms with E-state index in [0.29, 0.717) is 24.0 Å². The quantitative estimate of drug-likeness (QED) is 0.724. The molecule has 0 aliphatic carbocycles. The molecule has 3 heterocycles. The zero-order valence-corrected chi connectivity index (χ0v) is 14.9. The fourth-order valence-electron chi connectivity index (χ4n) is 3.16. The molecule has 1 atom stereocenters. The Labute approximate surface area is 151 Å². The van der Waals surface area contributed by atoms with Gasteiger partial charge in [-0.15, -0.1) is 0 Å². The second-order valence-electron chi connectivity index (χ2n) is 6.35. The number of rotatable bonds is 5. The monoisotopic (exact) mass is 354 g/mol. The number of hydrogen-bond donors (Lipinski definition) is 2. The summed E-state index contributed by atoms with van der Waals surface area (Å²) >= 11 is 0.